The largest absolute Gasteiger partial charge is 0.573 e. The van der Waals surface area contributed by atoms with Gasteiger partial charge >= 0.3 is 6.36 Å². The van der Waals surface area contributed by atoms with E-state index in [2.05, 4.69) is 33.4 Å². The molecule has 0 spiro atoms. The molecule has 2 aromatic rings. The molecule has 0 amide bonds. The highest BCUT2D eigenvalue weighted by atomic mass is 35.5. The number of hydrogen-bond donors (Lipinski definition) is 0. The van der Waals surface area contributed by atoms with Crippen LogP contribution in [-0.2, 0) is 0 Å². The van der Waals surface area contributed by atoms with Crippen molar-refractivity contribution in [3.63, 3.8) is 0 Å². The van der Waals surface area contributed by atoms with Crippen molar-refractivity contribution in [1.82, 2.24) is 9.88 Å². The van der Waals surface area contributed by atoms with Gasteiger partial charge in [0.15, 0.2) is 0 Å². The topological polar surface area (TPSA) is 28.6 Å². The van der Waals surface area contributed by atoms with Crippen LogP contribution in [0.1, 0.15) is 13.8 Å². The lowest BCUT2D eigenvalue weighted by molar-refractivity contribution is -0.274. The van der Waals surface area contributed by atoms with Gasteiger partial charge in [0.1, 0.15) is 11.6 Å². The van der Waals surface area contributed by atoms with Gasteiger partial charge in [0.05, 0.1) is 5.52 Å². The Morgan fingerprint density at radius 1 is 1.04 bits per heavy atom. The number of fused-ring (bicyclic) bond motifs is 1. The van der Waals surface area contributed by atoms with E-state index in [0.29, 0.717) is 16.9 Å². The standard InChI is InChI=1S/C17H20F3N3O.ClH/c1-12(2)22-7-9-23(10-8-22)16-6-3-13-11-14(24-17(18,19)20)4-5-15(13)21-16;/h3-6,11-12H,7-10H2,1-2H3;1H. The lowest BCUT2D eigenvalue weighted by atomic mass is 10.2. The first-order valence-corrected chi connectivity index (χ1v) is 7.97. The third-order valence-corrected chi connectivity index (χ3v) is 4.25. The molecule has 1 aromatic carbocycles. The van der Waals surface area contributed by atoms with Crippen molar-refractivity contribution in [3.05, 3.63) is 30.3 Å². The van der Waals surface area contributed by atoms with Crippen LogP contribution < -0.4 is 9.64 Å². The Morgan fingerprint density at radius 2 is 1.72 bits per heavy atom. The molecule has 2 heterocycles. The SMILES string of the molecule is CC(C)N1CCN(c2ccc3cc(OC(F)(F)F)ccc3n2)CC1.Cl. The highest BCUT2D eigenvalue weighted by Gasteiger charge is 2.31. The van der Waals surface area contributed by atoms with Crippen molar-refractivity contribution in [3.8, 4) is 5.75 Å². The first-order valence-electron chi connectivity index (χ1n) is 7.97. The monoisotopic (exact) mass is 375 g/mol. The number of benzene rings is 1. The number of aromatic nitrogens is 1. The minimum Gasteiger partial charge on any atom is -0.406 e. The van der Waals surface area contributed by atoms with Crippen LogP contribution in [0.2, 0.25) is 0 Å². The normalized spacial score (nSPS) is 16.2. The van der Waals surface area contributed by atoms with Crippen molar-refractivity contribution in [2.24, 2.45) is 0 Å². The molecule has 1 aliphatic heterocycles. The maximum Gasteiger partial charge on any atom is 0.573 e. The quantitative estimate of drug-likeness (QED) is 0.808. The Labute approximate surface area is 151 Å². The van der Waals surface area contributed by atoms with Crippen LogP contribution >= 0.6 is 12.4 Å². The average Bonchev–Trinajstić information content (AvgIpc) is 2.53. The van der Waals surface area contributed by atoms with Crippen molar-refractivity contribution in [1.29, 1.82) is 0 Å². The van der Waals surface area contributed by atoms with Crippen LogP contribution in [0.4, 0.5) is 19.0 Å². The van der Waals surface area contributed by atoms with Gasteiger partial charge in [0, 0.05) is 37.6 Å². The summed E-state index contributed by atoms with van der Waals surface area (Å²) in [6.45, 7) is 8.12. The van der Waals surface area contributed by atoms with E-state index in [9.17, 15) is 13.2 Å². The summed E-state index contributed by atoms with van der Waals surface area (Å²) in [6, 6.07) is 8.38. The molecule has 0 radical (unpaired) electrons. The number of halogens is 4. The summed E-state index contributed by atoms with van der Waals surface area (Å²) in [5.41, 5.74) is 0.660. The van der Waals surface area contributed by atoms with Gasteiger partial charge in [-0.05, 0) is 44.2 Å². The molecule has 0 atom stereocenters. The number of alkyl halides is 3. The molecule has 1 fully saturated rings. The predicted octanol–water partition coefficient (Wildman–Crippen LogP) is 4.09. The van der Waals surface area contributed by atoms with E-state index in [-0.39, 0.29) is 18.2 Å². The first kappa shape index (κ1) is 19.6. The van der Waals surface area contributed by atoms with Crippen LogP contribution in [0.15, 0.2) is 30.3 Å². The molecule has 0 unspecified atom stereocenters. The highest BCUT2D eigenvalue weighted by Crippen LogP contribution is 2.27. The summed E-state index contributed by atoms with van der Waals surface area (Å²) in [4.78, 5) is 9.20. The summed E-state index contributed by atoms with van der Waals surface area (Å²) in [5, 5.41) is 0.626. The lowest BCUT2D eigenvalue weighted by Gasteiger charge is -2.37. The Bertz CT molecular complexity index is 716. The second kappa shape index (κ2) is 7.66. The Morgan fingerprint density at radius 3 is 2.32 bits per heavy atom. The van der Waals surface area contributed by atoms with E-state index >= 15 is 0 Å². The van der Waals surface area contributed by atoms with Crippen molar-refractivity contribution >= 4 is 29.1 Å². The molecule has 1 saturated heterocycles. The van der Waals surface area contributed by atoms with Gasteiger partial charge in [-0.25, -0.2) is 4.98 Å². The minimum absolute atomic E-state index is 0. The fraction of sp³-hybridized carbons (Fsp3) is 0.471. The maximum atomic E-state index is 12.3. The molecule has 0 N–H and O–H groups in total. The minimum atomic E-state index is -4.68. The van der Waals surface area contributed by atoms with Gasteiger partial charge in [-0.15, -0.1) is 25.6 Å². The smallest absolute Gasteiger partial charge is 0.406 e. The summed E-state index contributed by atoms with van der Waals surface area (Å²) >= 11 is 0. The van der Waals surface area contributed by atoms with Crippen LogP contribution in [0.3, 0.4) is 0 Å². The zero-order valence-corrected chi connectivity index (χ0v) is 14.9. The number of ether oxygens (including phenoxy) is 1. The van der Waals surface area contributed by atoms with E-state index in [1.165, 1.54) is 12.1 Å². The fourth-order valence-electron chi connectivity index (χ4n) is 2.93. The number of pyridine rings is 1. The van der Waals surface area contributed by atoms with Crippen LogP contribution in [0.5, 0.6) is 5.75 Å². The van der Waals surface area contributed by atoms with Crippen molar-refractivity contribution in [2.75, 3.05) is 31.1 Å². The number of anilines is 1. The zero-order valence-electron chi connectivity index (χ0n) is 14.1. The van der Waals surface area contributed by atoms with Gasteiger partial charge in [-0.3, -0.25) is 4.90 Å². The molecule has 1 aliphatic rings. The summed E-state index contributed by atoms with van der Waals surface area (Å²) < 4.78 is 40.8. The zero-order chi connectivity index (χ0) is 17.3. The van der Waals surface area contributed by atoms with E-state index < -0.39 is 6.36 Å². The summed E-state index contributed by atoms with van der Waals surface area (Å²) in [7, 11) is 0. The molecule has 4 nitrogen and oxygen atoms in total. The molecule has 138 valence electrons. The molecular weight excluding hydrogens is 355 g/mol. The number of nitrogens with zero attached hydrogens (tertiary/aromatic N) is 3. The number of hydrogen-bond acceptors (Lipinski definition) is 4. The van der Waals surface area contributed by atoms with Crippen LogP contribution in [0, 0.1) is 0 Å². The molecular formula is C17H21ClF3N3O. The van der Waals surface area contributed by atoms with E-state index in [1.54, 1.807) is 12.1 Å². The summed E-state index contributed by atoms with van der Waals surface area (Å²) in [6.07, 6.45) is -4.68. The van der Waals surface area contributed by atoms with Gasteiger partial charge in [0.2, 0.25) is 0 Å². The maximum absolute atomic E-state index is 12.3. The number of piperazine rings is 1. The van der Waals surface area contributed by atoms with Gasteiger partial charge in [-0.2, -0.15) is 0 Å². The van der Waals surface area contributed by atoms with E-state index in [4.69, 9.17) is 0 Å². The fourth-order valence-corrected chi connectivity index (χ4v) is 2.93. The van der Waals surface area contributed by atoms with E-state index in [0.717, 1.165) is 32.0 Å². The molecule has 1 aromatic heterocycles. The molecule has 8 heteroatoms. The highest BCUT2D eigenvalue weighted by molar-refractivity contribution is 5.85. The predicted molar refractivity (Wildman–Crippen MR) is 94.6 cm³/mol. The van der Waals surface area contributed by atoms with Gasteiger partial charge < -0.3 is 9.64 Å². The Balaban J connectivity index is 0.00000225. The van der Waals surface area contributed by atoms with E-state index in [1.807, 2.05) is 6.07 Å². The third kappa shape index (κ3) is 4.89. The molecule has 0 bridgehead atoms. The van der Waals surface area contributed by atoms with Gasteiger partial charge in [-0.1, -0.05) is 0 Å². The lowest BCUT2D eigenvalue weighted by Crippen LogP contribution is -2.49. The molecule has 0 saturated carbocycles. The number of rotatable bonds is 3. The van der Waals surface area contributed by atoms with Crippen molar-refractivity contribution < 1.29 is 17.9 Å². The van der Waals surface area contributed by atoms with Crippen molar-refractivity contribution in [2.45, 2.75) is 26.3 Å². The Kier molecular flexibility index (Phi) is 6.00. The molecule has 25 heavy (non-hydrogen) atoms. The second-order valence-electron chi connectivity index (χ2n) is 6.19. The first-order chi connectivity index (χ1) is 11.3. The summed E-state index contributed by atoms with van der Waals surface area (Å²) in [5.74, 6) is 0.630. The average molecular weight is 376 g/mol. The molecule has 0 aliphatic carbocycles. The van der Waals surface area contributed by atoms with Crippen LogP contribution in [-0.4, -0.2) is 48.5 Å². The van der Waals surface area contributed by atoms with Crippen LogP contribution in [0.25, 0.3) is 10.9 Å². The van der Waals surface area contributed by atoms with Gasteiger partial charge in [0.25, 0.3) is 0 Å². The molecule has 3 rings (SSSR count). The second-order valence-corrected chi connectivity index (χ2v) is 6.19. The Hall–Kier alpha value is -1.73. The third-order valence-electron chi connectivity index (χ3n) is 4.25.